The van der Waals surface area contributed by atoms with Crippen molar-refractivity contribution < 1.29 is 8.42 Å². The number of rotatable bonds is 3. The second-order valence-corrected chi connectivity index (χ2v) is 5.70. The van der Waals surface area contributed by atoms with E-state index in [0.29, 0.717) is 5.56 Å². The topological polar surface area (TPSA) is 84.0 Å². The molecule has 0 bridgehead atoms. The van der Waals surface area contributed by atoms with Gasteiger partial charge < -0.3 is 5.73 Å². The molecule has 0 aromatic heterocycles. The van der Waals surface area contributed by atoms with Crippen LogP contribution in [0.15, 0.2) is 64.4 Å². The number of nitrogen functional groups attached to an aromatic ring is 1. The Hall–Kier alpha value is -2.14. The third-order valence-corrected chi connectivity index (χ3v) is 4.31. The summed E-state index contributed by atoms with van der Waals surface area (Å²) >= 11 is 0. The highest BCUT2D eigenvalue weighted by molar-refractivity contribution is 7.91. The van der Waals surface area contributed by atoms with Gasteiger partial charge in [0, 0.05) is 5.56 Å². The van der Waals surface area contributed by atoms with E-state index in [0.717, 1.165) is 0 Å². The summed E-state index contributed by atoms with van der Waals surface area (Å²) in [5, 5.41) is 7.25. The van der Waals surface area contributed by atoms with Crippen molar-refractivity contribution in [3.8, 4) is 0 Å². The van der Waals surface area contributed by atoms with Gasteiger partial charge in [0.1, 0.15) is 5.84 Å². The molecule has 0 radical (unpaired) electrons. The summed E-state index contributed by atoms with van der Waals surface area (Å²) in [6, 6.07) is 14.2. The van der Waals surface area contributed by atoms with Crippen LogP contribution >= 0.6 is 0 Å². The van der Waals surface area contributed by atoms with Crippen LogP contribution < -0.4 is 5.73 Å². The molecule has 0 aliphatic rings. The molecule has 0 saturated carbocycles. The molecule has 0 atom stereocenters. The van der Waals surface area contributed by atoms with Crippen molar-refractivity contribution in [2.45, 2.75) is 9.79 Å². The molecule has 0 aliphatic carbocycles. The summed E-state index contributed by atoms with van der Waals surface area (Å²) in [5.74, 6) is -0.0846. The fourth-order valence-corrected chi connectivity index (χ4v) is 2.83. The Morgan fingerprint density at radius 1 is 0.889 bits per heavy atom. The van der Waals surface area contributed by atoms with Gasteiger partial charge in [0.15, 0.2) is 0 Å². The van der Waals surface area contributed by atoms with Crippen LogP contribution in [0.3, 0.4) is 0 Å². The Kier molecular flexibility index (Phi) is 3.16. The van der Waals surface area contributed by atoms with Crippen molar-refractivity contribution in [3.63, 3.8) is 0 Å². The molecule has 0 fully saturated rings. The van der Waals surface area contributed by atoms with E-state index in [1.54, 1.807) is 30.3 Å². The Morgan fingerprint density at radius 3 is 1.89 bits per heavy atom. The highest BCUT2D eigenvalue weighted by Gasteiger charge is 2.16. The van der Waals surface area contributed by atoms with Gasteiger partial charge in [-0.05, 0) is 36.4 Å². The largest absolute Gasteiger partial charge is 0.384 e. The van der Waals surface area contributed by atoms with Gasteiger partial charge in [0.05, 0.1) is 9.79 Å². The van der Waals surface area contributed by atoms with Gasteiger partial charge in [-0.3, -0.25) is 5.41 Å². The fraction of sp³-hybridized carbons (Fsp3) is 0. The van der Waals surface area contributed by atoms with Gasteiger partial charge in [-0.2, -0.15) is 0 Å². The van der Waals surface area contributed by atoms with Crippen molar-refractivity contribution in [3.05, 3.63) is 60.2 Å². The number of sulfone groups is 1. The minimum atomic E-state index is -3.49. The molecule has 2 rings (SSSR count). The highest BCUT2D eigenvalue weighted by atomic mass is 32.2. The summed E-state index contributed by atoms with van der Waals surface area (Å²) in [4.78, 5) is 0.444. The smallest absolute Gasteiger partial charge is 0.206 e. The number of hydrogen-bond acceptors (Lipinski definition) is 3. The lowest BCUT2D eigenvalue weighted by Crippen LogP contribution is -2.11. The molecule has 4 nitrogen and oxygen atoms in total. The normalized spacial score (nSPS) is 11.1. The molecule has 0 spiro atoms. The minimum Gasteiger partial charge on any atom is -0.384 e. The summed E-state index contributed by atoms with van der Waals surface area (Å²) in [6.45, 7) is 0. The second kappa shape index (κ2) is 4.62. The number of nitrogens with two attached hydrogens (primary N) is 1. The maximum atomic E-state index is 12.2. The number of hydrogen-bond donors (Lipinski definition) is 2. The lowest BCUT2D eigenvalue weighted by Gasteiger charge is -2.05. The van der Waals surface area contributed by atoms with Gasteiger partial charge in [0.2, 0.25) is 9.84 Å². The first-order valence-electron chi connectivity index (χ1n) is 5.26. The molecule has 0 heterocycles. The first-order valence-corrected chi connectivity index (χ1v) is 6.75. The SMILES string of the molecule is N=C(N)c1ccc(S(=O)(=O)c2ccccc2)cc1. The third kappa shape index (κ3) is 2.26. The molecule has 92 valence electrons. The van der Waals surface area contributed by atoms with Gasteiger partial charge in [-0.1, -0.05) is 18.2 Å². The maximum Gasteiger partial charge on any atom is 0.206 e. The molecule has 2 aromatic carbocycles. The molecular weight excluding hydrogens is 248 g/mol. The molecule has 3 N–H and O–H groups in total. The van der Waals surface area contributed by atoms with Crippen LogP contribution in [0.2, 0.25) is 0 Å². The number of amidine groups is 1. The molecule has 2 aromatic rings. The summed E-state index contributed by atoms with van der Waals surface area (Å²) < 4.78 is 24.5. The zero-order chi connectivity index (χ0) is 13.2. The standard InChI is InChI=1S/C13H12N2O2S/c14-13(15)10-6-8-12(9-7-10)18(16,17)11-4-2-1-3-5-11/h1-9H,(H3,14,15). The lowest BCUT2D eigenvalue weighted by molar-refractivity contribution is 0.596. The van der Waals surface area contributed by atoms with E-state index in [1.165, 1.54) is 24.3 Å². The van der Waals surface area contributed by atoms with E-state index in [1.807, 2.05) is 0 Å². The lowest BCUT2D eigenvalue weighted by atomic mass is 10.2. The van der Waals surface area contributed by atoms with Crippen molar-refractivity contribution in [2.24, 2.45) is 5.73 Å². The van der Waals surface area contributed by atoms with E-state index in [2.05, 4.69) is 0 Å². The zero-order valence-electron chi connectivity index (χ0n) is 9.50. The number of benzene rings is 2. The van der Waals surface area contributed by atoms with Crippen molar-refractivity contribution in [1.82, 2.24) is 0 Å². The molecule has 5 heteroatoms. The van der Waals surface area contributed by atoms with Gasteiger partial charge in [-0.15, -0.1) is 0 Å². The van der Waals surface area contributed by atoms with Crippen LogP contribution in [0.4, 0.5) is 0 Å². The monoisotopic (exact) mass is 260 g/mol. The van der Waals surface area contributed by atoms with Crippen LogP contribution in [-0.4, -0.2) is 14.3 Å². The minimum absolute atomic E-state index is 0.0846. The Balaban J connectivity index is 2.46. The van der Waals surface area contributed by atoms with Crippen molar-refractivity contribution in [2.75, 3.05) is 0 Å². The molecule has 0 saturated heterocycles. The summed E-state index contributed by atoms with van der Waals surface area (Å²) in [6.07, 6.45) is 0. The first-order chi connectivity index (χ1) is 8.51. The summed E-state index contributed by atoms with van der Waals surface area (Å²) in [5.41, 5.74) is 5.82. The molecule has 18 heavy (non-hydrogen) atoms. The van der Waals surface area contributed by atoms with E-state index in [9.17, 15) is 8.42 Å². The Labute approximate surface area is 106 Å². The number of nitrogens with one attached hydrogen (secondary N) is 1. The molecule has 0 unspecified atom stereocenters. The molecule has 0 aliphatic heterocycles. The Morgan fingerprint density at radius 2 is 1.39 bits per heavy atom. The van der Waals surface area contributed by atoms with Gasteiger partial charge in [0.25, 0.3) is 0 Å². The van der Waals surface area contributed by atoms with Gasteiger partial charge in [-0.25, -0.2) is 8.42 Å². The first kappa shape index (κ1) is 12.3. The van der Waals surface area contributed by atoms with E-state index in [4.69, 9.17) is 11.1 Å². The van der Waals surface area contributed by atoms with E-state index in [-0.39, 0.29) is 15.6 Å². The second-order valence-electron chi connectivity index (χ2n) is 3.75. The fourth-order valence-electron chi connectivity index (χ4n) is 1.55. The van der Waals surface area contributed by atoms with Crippen LogP contribution in [0.1, 0.15) is 5.56 Å². The predicted molar refractivity (Wildman–Crippen MR) is 69.4 cm³/mol. The average Bonchev–Trinajstić information content (AvgIpc) is 2.40. The Bertz CT molecular complexity index is 662. The van der Waals surface area contributed by atoms with Crippen LogP contribution in [-0.2, 0) is 9.84 Å². The maximum absolute atomic E-state index is 12.2. The quantitative estimate of drug-likeness (QED) is 0.652. The van der Waals surface area contributed by atoms with Crippen LogP contribution in [0, 0.1) is 5.41 Å². The van der Waals surface area contributed by atoms with Crippen molar-refractivity contribution >= 4 is 15.7 Å². The average molecular weight is 260 g/mol. The van der Waals surface area contributed by atoms with Gasteiger partial charge >= 0.3 is 0 Å². The zero-order valence-corrected chi connectivity index (χ0v) is 10.3. The van der Waals surface area contributed by atoms with E-state index >= 15 is 0 Å². The van der Waals surface area contributed by atoms with E-state index < -0.39 is 9.84 Å². The summed E-state index contributed by atoms with van der Waals surface area (Å²) in [7, 11) is -3.49. The van der Waals surface area contributed by atoms with Crippen molar-refractivity contribution in [1.29, 1.82) is 5.41 Å². The predicted octanol–water partition coefficient (Wildman–Crippen LogP) is 1.80. The van der Waals surface area contributed by atoms with Crippen LogP contribution in [0.25, 0.3) is 0 Å². The molecular formula is C13H12N2O2S. The third-order valence-electron chi connectivity index (χ3n) is 2.53. The van der Waals surface area contributed by atoms with Crippen LogP contribution in [0.5, 0.6) is 0 Å². The molecule has 0 amide bonds. The highest BCUT2D eigenvalue weighted by Crippen LogP contribution is 2.20.